The van der Waals surface area contributed by atoms with Crippen molar-refractivity contribution in [3.05, 3.63) is 30.1 Å². The summed E-state index contributed by atoms with van der Waals surface area (Å²) in [6.45, 7) is 5.97. The van der Waals surface area contributed by atoms with Crippen LogP contribution in [-0.2, 0) is 14.3 Å². The normalized spacial score (nSPS) is 10.8. The molecule has 0 unspecified atom stereocenters. The van der Waals surface area contributed by atoms with Crippen molar-refractivity contribution in [2.45, 2.75) is 31.7 Å². The molecule has 0 aliphatic rings. The number of hydrogen-bond donors (Lipinski definition) is 1. The Bertz CT molecular complexity index is 734. The zero-order chi connectivity index (χ0) is 17.5. The molecular formula is C17H21N3O3S. The molecule has 0 aliphatic heterocycles. The number of hydrogen-bond acceptors (Lipinski definition) is 6. The molecule has 0 bridgehead atoms. The summed E-state index contributed by atoms with van der Waals surface area (Å²) in [5.41, 5.74) is 0.866. The molecule has 24 heavy (non-hydrogen) atoms. The molecule has 0 fully saturated rings. The van der Waals surface area contributed by atoms with E-state index < -0.39 is 5.97 Å². The van der Waals surface area contributed by atoms with Crippen LogP contribution in [0.4, 0.5) is 0 Å². The summed E-state index contributed by atoms with van der Waals surface area (Å²) in [5, 5.41) is 4.24. The summed E-state index contributed by atoms with van der Waals surface area (Å²) in [6.07, 6.45) is 0. The monoisotopic (exact) mass is 347 g/mol. The third kappa shape index (κ3) is 4.92. The van der Waals surface area contributed by atoms with E-state index >= 15 is 0 Å². The number of carbonyl (C=O) groups excluding carboxylic acids is 2. The van der Waals surface area contributed by atoms with Crippen LogP contribution in [0.2, 0.25) is 0 Å². The molecule has 1 aromatic heterocycles. The first-order valence-electron chi connectivity index (χ1n) is 7.83. The van der Waals surface area contributed by atoms with Crippen LogP contribution >= 0.6 is 11.8 Å². The zero-order valence-corrected chi connectivity index (χ0v) is 14.9. The summed E-state index contributed by atoms with van der Waals surface area (Å²) < 4.78 is 4.77. The van der Waals surface area contributed by atoms with Crippen molar-refractivity contribution in [3.8, 4) is 0 Å². The number of amides is 1. The Kier molecular flexibility index (Phi) is 6.54. The first-order valence-corrected chi connectivity index (χ1v) is 8.81. The molecular weight excluding hydrogens is 326 g/mol. The van der Waals surface area contributed by atoms with Gasteiger partial charge in [0.25, 0.3) is 0 Å². The van der Waals surface area contributed by atoms with E-state index in [2.05, 4.69) is 15.3 Å². The summed E-state index contributed by atoms with van der Waals surface area (Å²) >= 11 is 1.34. The second-order valence-electron chi connectivity index (χ2n) is 5.43. The summed E-state index contributed by atoms with van der Waals surface area (Å²) in [6, 6.07) is 7.73. The molecule has 0 radical (unpaired) electrons. The number of ether oxygens (including phenoxy) is 1. The minimum Gasteiger partial charge on any atom is -0.465 e. The van der Waals surface area contributed by atoms with E-state index in [9.17, 15) is 9.59 Å². The van der Waals surface area contributed by atoms with Gasteiger partial charge < -0.3 is 10.1 Å². The molecule has 128 valence electrons. The van der Waals surface area contributed by atoms with Crippen LogP contribution in [0.15, 0.2) is 29.3 Å². The maximum Gasteiger partial charge on any atom is 0.325 e. The highest BCUT2D eigenvalue weighted by molar-refractivity contribution is 8.00. The molecule has 2 aromatic rings. The number of thioether (sulfide) groups is 1. The smallest absolute Gasteiger partial charge is 0.325 e. The van der Waals surface area contributed by atoms with Gasteiger partial charge in [0.15, 0.2) is 0 Å². The number of para-hydroxylation sites is 1. The molecule has 7 heteroatoms. The van der Waals surface area contributed by atoms with Crippen molar-refractivity contribution in [1.82, 2.24) is 15.3 Å². The quantitative estimate of drug-likeness (QED) is 0.471. The first kappa shape index (κ1) is 18.2. The summed E-state index contributed by atoms with van der Waals surface area (Å²) in [7, 11) is 0. The van der Waals surface area contributed by atoms with Crippen LogP contribution in [0.1, 0.15) is 32.5 Å². The maximum atomic E-state index is 11.9. The van der Waals surface area contributed by atoms with E-state index in [-0.39, 0.29) is 24.1 Å². The van der Waals surface area contributed by atoms with Crippen LogP contribution in [0.3, 0.4) is 0 Å². The molecule has 0 spiro atoms. The SMILES string of the molecule is CCOC(=O)CNC(=O)CSc1nc(C(C)C)nc2ccccc12. The summed E-state index contributed by atoms with van der Waals surface area (Å²) in [4.78, 5) is 32.3. The van der Waals surface area contributed by atoms with Crippen molar-refractivity contribution in [3.63, 3.8) is 0 Å². The number of carbonyl (C=O) groups is 2. The third-order valence-electron chi connectivity index (χ3n) is 3.18. The van der Waals surface area contributed by atoms with Crippen molar-refractivity contribution in [1.29, 1.82) is 0 Å². The van der Waals surface area contributed by atoms with Gasteiger partial charge in [-0.3, -0.25) is 9.59 Å². The van der Waals surface area contributed by atoms with Gasteiger partial charge in [-0.2, -0.15) is 0 Å². The van der Waals surface area contributed by atoms with E-state index in [0.717, 1.165) is 21.8 Å². The zero-order valence-electron chi connectivity index (χ0n) is 14.0. The fraction of sp³-hybridized carbons (Fsp3) is 0.412. The molecule has 0 aliphatic carbocycles. The van der Waals surface area contributed by atoms with Gasteiger partial charge in [0.2, 0.25) is 5.91 Å². The number of rotatable bonds is 7. The van der Waals surface area contributed by atoms with Gasteiger partial charge >= 0.3 is 5.97 Å². The number of nitrogens with zero attached hydrogens (tertiary/aromatic N) is 2. The molecule has 2 rings (SSSR count). The van der Waals surface area contributed by atoms with Crippen LogP contribution in [0.5, 0.6) is 0 Å². The fourth-order valence-electron chi connectivity index (χ4n) is 2.00. The largest absolute Gasteiger partial charge is 0.465 e. The number of esters is 1. The second-order valence-corrected chi connectivity index (χ2v) is 6.39. The Balaban J connectivity index is 2.06. The Morgan fingerprint density at radius 3 is 2.71 bits per heavy atom. The Hall–Kier alpha value is -2.15. The average Bonchev–Trinajstić information content (AvgIpc) is 2.57. The molecule has 0 atom stereocenters. The highest BCUT2D eigenvalue weighted by Crippen LogP contribution is 2.26. The van der Waals surface area contributed by atoms with Crippen LogP contribution < -0.4 is 5.32 Å². The predicted octanol–water partition coefficient (Wildman–Crippen LogP) is 2.52. The van der Waals surface area contributed by atoms with Crippen molar-refractivity contribution in [2.24, 2.45) is 0 Å². The standard InChI is InChI=1S/C17H21N3O3S/c1-4-23-15(22)9-18-14(21)10-24-17-12-7-5-6-8-13(12)19-16(20-17)11(2)3/h5-8,11H,4,9-10H2,1-3H3,(H,18,21). The Labute approximate surface area is 145 Å². The van der Waals surface area contributed by atoms with Crippen LogP contribution in [-0.4, -0.2) is 40.7 Å². The van der Waals surface area contributed by atoms with Gasteiger partial charge in [-0.05, 0) is 13.0 Å². The molecule has 1 heterocycles. The molecule has 1 amide bonds. The maximum absolute atomic E-state index is 11.9. The van der Waals surface area contributed by atoms with Crippen LogP contribution in [0, 0.1) is 0 Å². The molecule has 6 nitrogen and oxygen atoms in total. The fourth-order valence-corrected chi connectivity index (χ4v) is 2.86. The van der Waals surface area contributed by atoms with Gasteiger partial charge in [-0.15, -0.1) is 0 Å². The first-order chi connectivity index (χ1) is 11.5. The molecule has 1 N–H and O–H groups in total. The van der Waals surface area contributed by atoms with Gasteiger partial charge in [0, 0.05) is 11.3 Å². The number of fused-ring (bicyclic) bond motifs is 1. The topological polar surface area (TPSA) is 81.2 Å². The van der Waals surface area contributed by atoms with E-state index in [1.54, 1.807) is 6.92 Å². The molecule has 0 saturated carbocycles. The van der Waals surface area contributed by atoms with Crippen molar-refractivity contribution >= 4 is 34.5 Å². The van der Waals surface area contributed by atoms with E-state index in [1.807, 2.05) is 38.1 Å². The van der Waals surface area contributed by atoms with E-state index in [0.29, 0.717) is 6.61 Å². The lowest BCUT2D eigenvalue weighted by Crippen LogP contribution is -2.31. The highest BCUT2D eigenvalue weighted by atomic mass is 32.2. The van der Waals surface area contributed by atoms with E-state index in [4.69, 9.17) is 4.74 Å². The van der Waals surface area contributed by atoms with Gasteiger partial charge in [-0.25, -0.2) is 9.97 Å². The second kappa shape index (κ2) is 8.63. The Morgan fingerprint density at radius 2 is 2.00 bits per heavy atom. The Morgan fingerprint density at radius 1 is 1.25 bits per heavy atom. The number of benzene rings is 1. The highest BCUT2D eigenvalue weighted by Gasteiger charge is 2.13. The summed E-state index contributed by atoms with van der Waals surface area (Å²) in [5.74, 6) is 0.458. The van der Waals surface area contributed by atoms with Gasteiger partial charge in [0.05, 0.1) is 17.9 Å². The third-order valence-corrected chi connectivity index (χ3v) is 4.17. The average molecular weight is 347 g/mol. The molecule has 1 aromatic carbocycles. The lowest BCUT2D eigenvalue weighted by Gasteiger charge is -2.10. The minimum absolute atomic E-state index is 0.116. The van der Waals surface area contributed by atoms with Crippen molar-refractivity contribution < 1.29 is 14.3 Å². The lowest BCUT2D eigenvalue weighted by molar-refractivity contribution is -0.143. The number of nitrogens with one attached hydrogen (secondary N) is 1. The molecule has 0 saturated heterocycles. The van der Waals surface area contributed by atoms with Crippen molar-refractivity contribution in [2.75, 3.05) is 18.9 Å². The minimum atomic E-state index is -0.439. The van der Waals surface area contributed by atoms with E-state index in [1.165, 1.54) is 11.8 Å². The number of aromatic nitrogens is 2. The van der Waals surface area contributed by atoms with Crippen LogP contribution in [0.25, 0.3) is 10.9 Å². The van der Waals surface area contributed by atoms with Gasteiger partial charge in [-0.1, -0.05) is 43.8 Å². The predicted molar refractivity (Wildman–Crippen MR) is 94.0 cm³/mol. The lowest BCUT2D eigenvalue weighted by atomic mass is 10.2. The van der Waals surface area contributed by atoms with Gasteiger partial charge in [0.1, 0.15) is 17.4 Å².